The zero-order chi connectivity index (χ0) is 17.1. The van der Waals surface area contributed by atoms with Crippen molar-refractivity contribution in [3.05, 3.63) is 59.2 Å². The van der Waals surface area contributed by atoms with E-state index in [1.807, 2.05) is 26.1 Å². The predicted octanol–water partition coefficient (Wildman–Crippen LogP) is 2.78. The second-order valence-electron chi connectivity index (χ2n) is 5.76. The van der Waals surface area contributed by atoms with Crippen molar-refractivity contribution in [1.82, 2.24) is 9.88 Å². The van der Waals surface area contributed by atoms with Crippen LogP contribution in [0.4, 0.5) is 10.1 Å². The monoisotopic (exact) mass is 329 g/mol. The van der Waals surface area contributed by atoms with E-state index in [-0.39, 0.29) is 17.6 Å². The molecule has 2 heterocycles. The minimum Gasteiger partial charge on any atom is -0.388 e. The number of halogens is 1. The number of anilines is 1. The molecule has 0 aliphatic carbocycles. The van der Waals surface area contributed by atoms with Crippen molar-refractivity contribution >= 4 is 11.6 Å². The Bertz CT molecular complexity index is 751. The molecule has 1 aromatic heterocycles. The number of hydrogen-bond acceptors (Lipinski definition) is 4. The van der Waals surface area contributed by atoms with E-state index < -0.39 is 5.82 Å². The fraction of sp³-hybridized carbons (Fsp3) is 0.333. The number of benzene rings is 1. The maximum absolute atomic E-state index is 13.9. The predicted molar refractivity (Wildman–Crippen MR) is 89.5 cm³/mol. The molecule has 1 aliphatic rings. The molecule has 1 aliphatic heterocycles. The molecule has 2 aromatic rings. The van der Waals surface area contributed by atoms with Crippen molar-refractivity contribution in [2.75, 3.05) is 32.1 Å². The van der Waals surface area contributed by atoms with E-state index in [0.29, 0.717) is 19.7 Å². The molecule has 1 N–H and O–H groups in total. The first-order chi connectivity index (χ1) is 11.6. The molecular formula is C18H20FN3O2. The molecule has 0 radical (unpaired) electrons. The van der Waals surface area contributed by atoms with Gasteiger partial charge < -0.3 is 15.0 Å². The highest BCUT2D eigenvalue weighted by atomic mass is 19.1. The third-order valence-corrected chi connectivity index (χ3v) is 4.05. The number of nitrogens with one attached hydrogen (secondary N) is 1. The van der Waals surface area contributed by atoms with Gasteiger partial charge in [0.2, 0.25) is 0 Å². The van der Waals surface area contributed by atoms with Crippen molar-refractivity contribution in [2.24, 2.45) is 0 Å². The smallest absolute Gasteiger partial charge is 0.257 e. The van der Waals surface area contributed by atoms with Crippen LogP contribution in [0.15, 0.2) is 36.4 Å². The average Bonchev–Trinajstić information content (AvgIpc) is 2.61. The number of hydrogen-bond donors (Lipinski definition) is 1. The molecule has 1 unspecified atom stereocenters. The van der Waals surface area contributed by atoms with Gasteiger partial charge in [-0.15, -0.1) is 0 Å². The third kappa shape index (κ3) is 3.38. The summed E-state index contributed by atoms with van der Waals surface area (Å²) < 4.78 is 19.7. The van der Waals surface area contributed by atoms with Gasteiger partial charge in [0.1, 0.15) is 11.9 Å². The molecule has 126 valence electrons. The molecule has 1 aromatic carbocycles. The van der Waals surface area contributed by atoms with Gasteiger partial charge in [-0.05, 0) is 31.2 Å². The van der Waals surface area contributed by atoms with Gasteiger partial charge in [-0.2, -0.15) is 0 Å². The van der Waals surface area contributed by atoms with E-state index in [4.69, 9.17) is 4.74 Å². The standard InChI is InChI=1S/C18H20FN3O2/c1-12-9-13(20-2)10-16(21-12)17-11-22(7-8-24-17)18(23)14-5-3-4-6-15(14)19/h3-6,9-10,17H,7-8,11H2,1-2H3,(H,20,21). The highest BCUT2D eigenvalue weighted by Crippen LogP contribution is 2.25. The molecule has 6 heteroatoms. The first kappa shape index (κ1) is 16.4. The number of morpholine rings is 1. The largest absolute Gasteiger partial charge is 0.388 e. The summed E-state index contributed by atoms with van der Waals surface area (Å²) in [5.41, 5.74) is 2.67. The lowest BCUT2D eigenvalue weighted by Gasteiger charge is -2.33. The molecular weight excluding hydrogens is 309 g/mol. The Morgan fingerprint density at radius 3 is 2.92 bits per heavy atom. The van der Waals surface area contributed by atoms with Crippen molar-refractivity contribution in [3.63, 3.8) is 0 Å². The van der Waals surface area contributed by atoms with Crippen LogP contribution < -0.4 is 5.32 Å². The Morgan fingerprint density at radius 2 is 2.17 bits per heavy atom. The molecule has 1 fully saturated rings. The van der Waals surface area contributed by atoms with Crippen LogP contribution in [-0.4, -0.2) is 42.5 Å². The number of amides is 1. The zero-order valence-electron chi connectivity index (χ0n) is 13.8. The zero-order valence-corrected chi connectivity index (χ0v) is 13.8. The summed E-state index contributed by atoms with van der Waals surface area (Å²) in [6.45, 7) is 3.10. The summed E-state index contributed by atoms with van der Waals surface area (Å²) in [5, 5.41) is 3.09. The van der Waals surface area contributed by atoms with E-state index in [1.165, 1.54) is 12.1 Å². The quantitative estimate of drug-likeness (QED) is 0.941. The van der Waals surface area contributed by atoms with Crippen LogP contribution in [0.5, 0.6) is 0 Å². The summed E-state index contributed by atoms with van der Waals surface area (Å²) in [5.74, 6) is -0.820. The molecule has 3 rings (SSSR count). The number of pyridine rings is 1. The summed E-state index contributed by atoms with van der Waals surface area (Å²) in [6, 6.07) is 9.89. The van der Waals surface area contributed by atoms with Crippen molar-refractivity contribution in [2.45, 2.75) is 13.0 Å². The van der Waals surface area contributed by atoms with Crippen LogP contribution in [0, 0.1) is 12.7 Å². The van der Waals surface area contributed by atoms with Crippen LogP contribution in [-0.2, 0) is 4.74 Å². The summed E-state index contributed by atoms with van der Waals surface area (Å²) in [4.78, 5) is 18.7. The molecule has 1 atom stereocenters. The highest BCUT2D eigenvalue weighted by Gasteiger charge is 2.28. The molecule has 0 spiro atoms. The molecule has 0 saturated carbocycles. The minimum absolute atomic E-state index is 0.0891. The Labute approximate surface area is 140 Å². The van der Waals surface area contributed by atoms with E-state index >= 15 is 0 Å². The van der Waals surface area contributed by atoms with Gasteiger partial charge in [-0.25, -0.2) is 4.39 Å². The Kier molecular flexibility index (Phi) is 4.76. The Hall–Kier alpha value is -2.47. The molecule has 24 heavy (non-hydrogen) atoms. The number of aryl methyl sites for hydroxylation is 1. The van der Waals surface area contributed by atoms with E-state index in [1.54, 1.807) is 17.0 Å². The van der Waals surface area contributed by atoms with E-state index in [0.717, 1.165) is 17.1 Å². The highest BCUT2D eigenvalue weighted by molar-refractivity contribution is 5.94. The first-order valence-electron chi connectivity index (χ1n) is 7.90. The lowest BCUT2D eigenvalue weighted by atomic mass is 10.1. The van der Waals surface area contributed by atoms with Gasteiger partial charge >= 0.3 is 0 Å². The Morgan fingerprint density at radius 1 is 1.38 bits per heavy atom. The lowest BCUT2D eigenvalue weighted by molar-refractivity contribution is -0.0248. The van der Waals surface area contributed by atoms with Gasteiger partial charge in [0.15, 0.2) is 0 Å². The van der Waals surface area contributed by atoms with Gasteiger partial charge in [-0.3, -0.25) is 9.78 Å². The fourth-order valence-corrected chi connectivity index (χ4v) is 2.82. The van der Waals surface area contributed by atoms with Gasteiger partial charge in [-0.1, -0.05) is 12.1 Å². The summed E-state index contributed by atoms with van der Waals surface area (Å²) in [7, 11) is 1.84. The lowest BCUT2D eigenvalue weighted by Crippen LogP contribution is -2.42. The molecule has 1 amide bonds. The van der Waals surface area contributed by atoms with Crippen LogP contribution in [0.25, 0.3) is 0 Å². The number of ether oxygens (including phenoxy) is 1. The van der Waals surface area contributed by atoms with E-state index in [9.17, 15) is 9.18 Å². The topological polar surface area (TPSA) is 54.5 Å². The van der Waals surface area contributed by atoms with Gasteiger partial charge in [0.05, 0.1) is 24.4 Å². The minimum atomic E-state index is -0.503. The van der Waals surface area contributed by atoms with Crippen LogP contribution in [0.3, 0.4) is 0 Å². The number of rotatable bonds is 3. The second kappa shape index (κ2) is 6.97. The Balaban J connectivity index is 1.81. The number of carbonyl (C=O) groups excluding carboxylic acids is 1. The van der Waals surface area contributed by atoms with Crippen LogP contribution in [0.2, 0.25) is 0 Å². The average molecular weight is 329 g/mol. The van der Waals surface area contributed by atoms with E-state index in [2.05, 4.69) is 10.3 Å². The number of aromatic nitrogens is 1. The molecule has 5 nitrogen and oxygen atoms in total. The van der Waals surface area contributed by atoms with Crippen molar-refractivity contribution in [3.8, 4) is 0 Å². The normalized spacial score (nSPS) is 17.6. The number of carbonyl (C=O) groups is 1. The second-order valence-corrected chi connectivity index (χ2v) is 5.76. The van der Waals surface area contributed by atoms with Crippen LogP contribution >= 0.6 is 0 Å². The fourth-order valence-electron chi connectivity index (χ4n) is 2.82. The SMILES string of the molecule is CNc1cc(C)nc(C2CN(C(=O)c3ccccc3F)CCO2)c1. The molecule has 0 bridgehead atoms. The maximum Gasteiger partial charge on any atom is 0.257 e. The maximum atomic E-state index is 13.9. The number of nitrogens with zero attached hydrogens (tertiary/aromatic N) is 2. The van der Waals surface area contributed by atoms with Crippen molar-refractivity contribution < 1.29 is 13.9 Å². The first-order valence-corrected chi connectivity index (χ1v) is 7.90. The third-order valence-electron chi connectivity index (χ3n) is 4.05. The summed E-state index contributed by atoms with van der Waals surface area (Å²) in [6.07, 6.45) is -0.318. The van der Waals surface area contributed by atoms with Gasteiger partial charge in [0, 0.05) is 25.0 Å². The van der Waals surface area contributed by atoms with Gasteiger partial charge in [0.25, 0.3) is 5.91 Å². The molecule has 1 saturated heterocycles. The van der Waals surface area contributed by atoms with Crippen LogP contribution in [0.1, 0.15) is 27.8 Å². The summed E-state index contributed by atoms with van der Waals surface area (Å²) >= 11 is 0. The van der Waals surface area contributed by atoms with Crippen molar-refractivity contribution in [1.29, 1.82) is 0 Å².